The first-order chi connectivity index (χ1) is 15.1. The van der Waals surface area contributed by atoms with E-state index in [-0.39, 0.29) is 5.56 Å². The third kappa shape index (κ3) is 6.31. The first-order valence-electron chi connectivity index (χ1n) is 10.8. The zero-order valence-corrected chi connectivity index (χ0v) is 18.1. The van der Waals surface area contributed by atoms with Crippen LogP contribution in [-0.4, -0.2) is 0 Å². The minimum absolute atomic E-state index is 0.0728. The molecule has 0 bridgehead atoms. The average Bonchev–Trinajstić information content (AvgIpc) is 2.80. The van der Waals surface area contributed by atoms with E-state index in [0.29, 0.717) is 12.0 Å². The van der Waals surface area contributed by atoms with E-state index in [1.54, 1.807) is 12.1 Å². The van der Waals surface area contributed by atoms with Gasteiger partial charge < -0.3 is 0 Å². The molecular weight excluding hydrogens is 386 g/mol. The molecule has 0 spiro atoms. The van der Waals surface area contributed by atoms with Crippen LogP contribution in [0.5, 0.6) is 0 Å². The molecule has 0 radical (unpaired) electrons. The van der Waals surface area contributed by atoms with E-state index < -0.39 is 11.6 Å². The van der Waals surface area contributed by atoms with Crippen molar-refractivity contribution in [3.05, 3.63) is 106 Å². The molecule has 3 aromatic rings. The van der Waals surface area contributed by atoms with Crippen molar-refractivity contribution in [1.82, 2.24) is 0 Å². The monoisotopic (exact) mass is 412 g/mol. The Hall–Kier alpha value is -3.36. The van der Waals surface area contributed by atoms with Crippen molar-refractivity contribution in [1.29, 1.82) is 0 Å². The number of benzene rings is 3. The highest BCUT2D eigenvalue weighted by molar-refractivity contribution is 5.48. The minimum Gasteiger partial charge on any atom is -0.203 e. The van der Waals surface area contributed by atoms with Gasteiger partial charge in [0.25, 0.3) is 0 Å². The van der Waals surface area contributed by atoms with Crippen molar-refractivity contribution in [2.24, 2.45) is 0 Å². The molecule has 0 aliphatic rings. The number of hydrogen-bond donors (Lipinski definition) is 0. The molecule has 0 aliphatic heterocycles. The van der Waals surface area contributed by atoms with Crippen LogP contribution in [0.4, 0.5) is 8.78 Å². The zero-order chi connectivity index (χ0) is 22.1. The molecule has 0 saturated carbocycles. The lowest BCUT2D eigenvalue weighted by atomic mass is 10.1. The summed E-state index contributed by atoms with van der Waals surface area (Å²) in [5, 5.41) is 0. The molecule has 2 heteroatoms. The summed E-state index contributed by atoms with van der Waals surface area (Å²) in [6, 6.07) is 19.0. The minimum atomic E-state index is -0.873. The van der Waals surface area contributed by atoms with Crippen LogP contribution in [0.15, 0.2) is 60.7 Å². The first-order valence-corrected chi connectivity index (χ1v) is 10.8. The van der Waals surface area contributed by atoms with Gasteiger partial charge in [-0.1, -0.05) is 68.6 Å². The highest BCUT2D eigenvalue weighted by atomic mass is 19.2. The van der Waals surface area contributed by atoms with Gasteiger partial charge in [-0.3, -0.25) is 0 Å². The topological polar surface area (TPSA) is 0 Å². The summed E-state index contributed by atoms with van der Waals surface area (Å²) in [6.45, 7) is 4.13. The molecule has 156 valence electrons. The highest BCUT2D eigenvalue weighted by Crippen LogP contribution is 2.17. The van der Waals surface area contributed by atoms with Gasteiger partial charge in [-0.25, -0.2) is 8.78 Å². The normalized spacial score (nSPS) is 10.1. The molecule has 0 aromatic heterocycles. The van der Waals surface area contributed by atoms with Crippen LogP contribution < -0.4 is 0 Å². The summed E-state index contributed by atoms with van der Waals surface area (Å²) in [5.41, 5.74) is 4.39. The number of aryl methyl sites for hydroxylation is 2. The first kappa shape index (κ1) is 22.3. The van der Waals surface area contributed by atoms with Gasteiger partial charge in [-0.15, -0.1) is 0 Å². The summed E-state index contributed by atoms with van der Waals surface area (Å²) < 4.78 is 28.3. The molecular formula is C29H26F2. The maximum atomic E-state index is 14.2. The van der Waals surface area contributed by atoms with Gasteiger partial charge >= 0.3 is 0 Å². The van der Waals surface area contributed by atoms with Crippen LogP contribution in [0.3, 0.4) is 0 Å². The van der Waals surface area contributed by atoms with Crippen LogP contribution >= 0.6 is 0 Å². The Kier molecular flexibility index (Phi) is 8.03. The quantitative estimate of drug-likeness (QED) is 0.394. The zero-order valence-electron chi connectivity index (χ0n) is 18.1. The second-order valence-electron chi connectivity index (χ2n) is 7.53. The van der Waals surface area contributed by atoms with Crippen LogP contribution in [0.2, 0.25) is 0 Å². The predicted octanol–water partition coefficient (Wildman–Crippen LogP) is 7.06. The SMILES string of the molecule is CCCCc1ccc(C#Cc2ccc(C#Cc3ccc(CCC)c(F)c3F)cc2)cc1. The maximum absolute atomic E-state index is 14.2. The van der Waals surface area contributed by atoms with Gasteiger partial charge in [-0.2, -0.15) is 0 Å². The number of unbranched alkanes of at least 4 members (excludes halogenated alkanes) is 1. The Morgan fingerprint density at radius 3 is 1.68 bits per heavy atom. The van der Waals surface area contributed by atoms with E-state index in [0.717, 1.165) is 29.5 Å². The van der Waals surface area contributed by atoms with E-state index in [4.69, 9.17) is 0 Å². The molecule has 0 nitrogen and oxygen atoms in total. The summed E-state index contributed by atoms with van der Waals surface area (Å²) >= 11 is 0. The Balaban J connectivity index is 1.68. The molecule has 0 saturated heterocycles. The van der Waals surface area contributed by atoms with E-state index in [9.17, 15) is 8.78 Å². The molecule has 0 fully saturated rings. The summed E-state index contributed by atoms with van der Waals surface area (Å²) in [6.07, 6.45) is 4.78. The molecule has 3 rings (SSSR count). The summed E-state index contributed by atoms with van der Waals surface area (Å²) in [5.74, 6) is 10.3. The van der Waals surface area contributed by atoms with Gasteiger partial charge in [0.05, 0.1) is 5.56 Å². The largest absolute Gasteiger partial charge is 0.203 e. The van der Waals surface area contributed by atoms with Gasteiger partial charge in [0.2, 0.25) is 0 Å². The van der Waals surface area contributed by atoms with Crippen molar-refractivity contribution in [2.75, 3.05) is 0 Å². The Labute approximate surface area is 184 Å². The van der Waals surface area contributed by atoms with E-state index >= 15 is 0 Å². The van der Waals surface area contributed by atoms with E-state index in [2.05, 4.69) is 54.9 Å². The van der Waals surface area contributed by atoms with Crippen LogP contribution in [0, 0.1) is 35.3 Å². The number of halogens is 2. The molecule has 31 heavy (non-hydrogen) atoms. The lowest BCUT2D eigenvalue weighted by Crippen LogP contribution is -1.97. The van der Waals surface area contributed by atoms with Crippen molar-refractivity contribution in [2.45, 2.75) is 46.0 Å². The maximum Gasteiger partial charge on any atom is 0.174 e. The molecule has 0 N–H and O–H groups in total. The van der Waals surface area contributed by atoms with Crippen molar-refractivity contribution >= 4 is 0 Å². The van der Waals surface area contributed by atoms with Crippen molar-refractivity contribution in [3.63, 3.8) is 0 Å². The van der Waals surface area contributed by atoms with Crippen LogP contribution in [-0.2, 0) is 12.8 Å². The van der Waals surface area contributed by atoms with Gasteiger partial charge in [0, 0.05) is 16.7 Å². The molecule has 3 aromatic carbocycles. The lowest BCUT2D eigenvalue weighted by Gasteiger charge is -2.03. The lowest BCUT2D eigenvalue weighted by molar-refractivity contribution is 0.496. The molecule has 0 aliphatic carbocycles. The third-order valence-electron chi connectivity index (χ3n) is 5.03. The van der Waals surface area contributed by atoms with Gasteiger partial charge in [-0.05, 0) is 72.9 Å². The Bertz CT molecular complexity index is 1130. The molecule has 0 atom stereocenters. The fraction of sp³-hybridized carbons (Fsp3) is 0.241. The second kappa shape index (κ2) is 11.1. The predicted molar refractivity (Wildman–Crippen MR) is 124 cm³/mol. The van der Waals surface area contributed by atoms with Crippen LogP contribution in [0.25, 0.3) is 0 Å². The third-order valence-corrected chi connectivity index (χ3v) is 5.03. The molecule has 0 heterocycles. The van der Waals surface area contributed by atoms with E-state index in [1.807, 2.05) is 31.2 Å². The Morgan fingerprint density at radius 1 is 0.581 bits per heavy atom. The summed E-state index contributed by atoms with van der Waals surface area (Å²) in [7, 11) is 0. The Morgan fingerprint density at radius 2 is 1.13 bits per heavy atom. The number of hydrogen-bond acceptors (Lipinski definition) is 0. The second-order valence-corrected chi connectivity index (χ2v) is 7.53. The van der Waals surface area contributed by atoms with Gasteiger partial charge in [0.1, 0.15) is 0 Å². The van der Waals surface area contributed by atoms with Gasteiger partial charge in [0.15, 0.2) is 11.6 Å². The molecule has 0 amide bonds. The van der Waals surface area contributed by atoms with Crippen LogP contribution in [0.1, 0.15) is 66.5 Å². The standard InChI is InChI=1S/C29H26F2/c1-3-5-7-22-8-10-23(11-9-22)12-13-24-14-16-25(17-15-24)18-19-27-21-20-26(6-4-2)28(30)29(27)31/h8-11,14-17,20-21H,3-7H2,1-2H3. The smallest absolute Gasteiger partial charge is 0.174 e. The average molecular weight is 413 g/mol. The fourth-order valence-corrected chi connectivity index (χ4v) is 3.20. The van der Waals surface area contributed by atoms with Crippen molar-refractivity contribution < 1.29 is 8.78 Å². The fourth-order valence-electron chi connectivity index (χ4n) is 3.20. The van der Waals surface area contributed by atoms with Crippen molar-refractivity contribution in [3.8, 4) is 23.7 Å². The molecule has 0 unspecified atom stereocenters. The highest BCUT2D eigenvalue weighted by Gasteiger charge is 2.11. The summed E-state index contributed by atoms with van der Waals surface area (Å²) in [4.78, 5) is 0. The number of rotatable bonds is 5. The van der Waals surface area contributed by atoms with E-state index in [1.165, 1.54) is 18.4 Å².